The van der Waals surface area contributed by atoms with Crippen molar-refractivity contribution in [2.45, 2.75) is 31.7 Å². The van der Waals surface area contributed by atoms with Crippen LogP contribution >= 0.6 is 11.6 Å². The van der Waals surface area contributed by atoms with Gasteiger partial charge >= 0.3 is 0 Å². The predicted octanol–water partition coefficient (Wildman–Crippen LogP) is 2.63. The van der Waals surface area contributed by atoms with Crippen LogP contribution in [-0.4, -0.2) is 40.0 Å². The summed E-state index contributed by atoms with van der Waals surface area (Å²) in [6.07, 6.45) is 3.55. The number of carbonyl (C=O) groups excluding carboxylic acids is 1. The number of rotatable bonds is 3. The van der Waals surface area contributed by atoms with Gasteiger partial charge in [0.1, 0.15) is 0 Å². The molecule has 2 rings (SSSR count). The second kappa shape index (κ2) is 6.87. The number of benzene rings is 1. The zero-order valence-electron chi connectivity index (χ0n) is 11.5. The van der Waals surface area contributed by atoms with E-state index in [1.165, 1.54) is 18.2 Å². The molecule has 1 atom stereocenters. The van der Waals surface area contributed by atoms with Crippen LogP contribution in [0, 0.1) is 10.1 Å². The van der Waals surface area contributed by atoms with Crippen LogP contribution in [-0.2, 0) is 0 Å². The van der Waals surface area contributed by atoms with Crippen LogP contribution < -0.4 is 0 Å². The topological polar surface area (TPSA) is 83.7 Å². The molecule has 0 radical (unpaired) electrons. The number of likely N-dealkylation sites (tertiary alicyclic amines) is 1. The summed E-state index contributed by atoms with van der Waals surface area (Å²) in [5, 5.41) is 20.5. The van der Waals surface area contributed by atoms with E-state index in [-0.39, 0.29) is 34.8 Å². The summed E-state index contributed by atoms with van der Waals surface area (Å²) in [5.74, 6) is -0.357. The van der Waals surface area contributed by atoms with Crippen molar-refractivity contribution in [3.8, 4) is 0 Å². The molecule has 0 spiro atoms. The summed E-state index contributed by atoms with van der Waals surface area (Å²) in [7, 11) is 0. The number of nitrogens with zero attached hydrogens (tertiary/aromatic N) is 2. The van der Waals surface area contributed by atoms with E-state index in [1.54, 1.807) is 4.90 Å². The zero-order chi connectivity index (χ0) is 15.4. The number of halogens is 1. The quantitative estimate of drug-likeness (QED) is 0.687. The first-order valence-corrected chi connectivity index (χ1v) is 7.28. The third-order valence-corrected chi connectivity index (χ3v) is 4.07. The highest BCUT2D eigenvalue weighted by molar-refractivity contribution is 6.33. The molecule has 1 aliphatic heterocycles. The van der Waals surface area contributed by atoms with Crippen LogP contribution in [0.4, 0.5) is 5.69 Å². The first-order chi connectivity index (χ1) is 10.0. The lowest BCUT2D eigenvalue weighted by Gasteiger charge is -2.29. The van der Waals surface area contributed by atoms with E-state index < -0.39 is 4.92 Å². The first kappa shape index (κ1) is 15.7. The fourth-order valence-corrected chi connectivity index (χ4v) is 2.78. The molecule has 0 aliphatic carbocycles. The summed E-state index contributed by atoms with van der Waals surface area (Å²) < 4.78 is 0. The van der Waals surface area contributed by atoms with Crippen LogP contribution in [0.2, 0.25) is 5.02 Å². The number of aliphatic hydroxyl groups excluding tert-OH is 1. The monoisotopic (exact) mass is 312 g/mol. The van der Waals surface area contributed by atoms with Gasteiger partial charge in [0.2, 0.25) is 0 Å². The van der Waals surface area contributed by atoms with Gasteiger partial charge in [0.05, 0.1) is 28.2 Å². The third-order valence-electron chi connectivity index (χ3n) is 3.74. The minimum atomic E-state index is -0.556. The van der Waals surface area contributed by atoms with Gasteiger partial charge in [-0.2, -0.15) is 0 Å². The molecule has 1 unspecified atom stereocenters. The maximum Gasteiger partial charge on any atom is 0.270 e. The van der Waals surface area contributed by atoms with Crippen molar-refractivity contribution in [2.24, 2.45) is 0 Å². The molecule has 21 heavy (non-hydrogen) atoms. The molecule has 6 nitrogen and oxygen atoms in total. The highest BCUT2D eigenvalue weighted by atomic mass is 35.5. The Morgan fingerprint density at radius 2 is 2.19 bits per heavy atom. The predicted molar refractivity (Wildman–Crippen MR) is 78.5 cm³/mol. The fraction of sp³-hybridized carbons (Fsp3) is 0.500. The van der Waals surface area contributed by atoms with Gasteiger partial charge in [-0.05, 0) is 18.9 Å². The smallest absolute Gasteiger partial charge is 0.270 e. The van der Waals surface area contributed by atoms with Crippen LogP contribution in [0.1, 0.15) is 36.0 Å². The number of carbonyl (C=O) groups is 1. The maximum atomic E-state index is 12.6. The Balaban J connectivity index is 2.33. The van der Waals surface area contributed by atoms with Gasteiger partial charge in [-0.3, -0.25) is 14.9 Å². The summed E-state index contributed by atoms with van der Waals surface area (Å²) in [6, 6.07) is 3.57. The molecule has 7 heteroatoms. The van der Waals surface area contributed by atoms with E-state index >= 15 is 0 Å². The van der Waals surface area contributed by atoms with Crippen molar-refractivity contribution < 1.29 is 14.8 Å². The minimum Gasteiger partial charge on any atom is -0.394 e. The second-order valence-corrected chi connectivity index (χ2v) is 5.51. The van der Waals surface area contributed by atoms with Crippen LogP contribution in [0.15, 0.2) is 18.2 Å². The molecular formula is C14H17ClN2O4. The lowest BCUT2D eigenvalue weighted by atomic mass is 10.1. The Hall–Kier alpha value is -1.66. The number of hydrogen-bond acceptors (Lipinski definition) is 4. The molecule has 1 aromatic carbocycles. The number of aliphatic hydroxyl groups is 1. The van der Waals surface area contributed by atoms with Gasteiger partial charge in [-0.1, -0.05) is 24.4 Å². The summed E-state index contributed by atoms with van der Waals surface area (Å²) in [6.45, 7) is 0.418. The van der Waals surface area contributed by atoms with Crippen molar-refractivity contribution in [1.29, 1.82) is 0 Å². The van der Waals surface area contributed by atoms with Gasteiger partial charge in [-0.25, -0.2) is 0 Å². The standard InChI is InChI=1S/C14H17ClN2O4/c15-13-6-5-10(17(20)21)8-12(13)14(19)16-7-3-1-2-4-11(16)9-18/h5-6,8,11,18H,1-4,7,9H2. The SMILES string of the molecule is O=C(c1cc([N+](=O)[O-])ccc1Cl)N1CCCCCC1CO. The lowest BCUT2D eigenvalue weighted by molar-refractivity contribution is -0.384. The molecule has 0 bridgehead atoms. The summed E-state index contributed by atoms with van der Waals surface area (Å²) >= 11 is 6.01. The van der Waals surface area contributed by atoms with E-state index in [2.05, 4.69) is 0 Å². The lowest BCUT2D eigenvalue weighted by Crippen LogP contribution is -2.42. The fourth-order valence-electron chi connectivity index (χ4n) is 2.58. The van der Waals surface area contributed by atoms with E-state index in [9.17, 15) is 20.0 Å². The Kier molecular flexibility index (Phi) is 5.14. The van der Waals surface area contributed by atoms with Crippen molar-refractivity contribution in [3.05, 3.63) is 38.9 Å². The Labute approximate surface area is 127 Å². The average molecular weight is 313 g/mol. The summed E-state index contributed by atoms with van der Waals surface area (Å²) in [4.78, 5) is 24.5. The molecule has 1 fully saturated rings. The largest absolute Gasteiger partial charge is 0.394 e. The number of hydrogen-bond donors (Lipinski definition) is 1. The molecule has 0 saturated carbocycles. The normalized spacial score (nSPS) is 19.1. The molecule has 1 aliphatic rings. The average Bonchev–Trinajstić information content (AvgIpc) is 2.71. The van der Waals surface area contributed by atoms with Gasteiger partial charge in [-0.15, -0.1) is 0 Å². The molecule has 1 saturated heterocycles. The van der Waals surface area contributed by atoms with Crippen molar-refractivity contribution >= 4 is 23.2 Å². The summed E-state index contributed by atoms with van der Waals surface area (Å²) in [5.41, 5.74) is -0.0515. The highest BCUT2D eigenvalue weighted by Crippen LogP contribution is 2.26. The Morgan fingerprint density at radius 1 is 1.43 bits per heavy atom. The molecule has 1 heterocycles. The van der Waals surface area contributed by atoms with E-state index in [4.69, 9.17) is 11.6 Å². The molecule has 1 amide bonds. The van der Waals surface area contributed by atoms with Crippen molar-refractivity contribution in [1.82, 2.24) is 4.90 Å². The second-order valence-electron chi connectivity index (χ2n) is 5.11. The first-order valence-electron chi connectivity index (χ1n) is 6.90. The Bertz CT molecular complexity index is 550. The molecule has 114 valence electrons. The van der Waals surface area contributed by atoms with E-state index in [1.807, 2.05) is 0 Å². The van der Waals surface area contributed by atoms with Crippen LogP contribution in [0.25, 0.3) is 0 Å². The zero-order valence-corrected chi connectivity index (χ0v) is 12.3. The van der Waals surface area contributed by atoms with Crippen LogP contribution in [0.3, 0.4) is 0 Å². The molecule has 1 aromatic rings. The van der Waals surface area contributed by atoms with Crippen molar-refractivity contribution in [2.75, 3.05) is 13.2 Å². The van der Waals surface area contributed by atoms with Crippen LogP contribution in [0.5, 0.6) is 0 Å². The Morgan fingerprint density at radius 3 is 2.86 bits per heavy atom. The number of amides is 1. The molecule has 1 N–H and O–H groups in total. The van der Waals surface area contributed by atoms with Gasteiger partial charge in [0.15, 0.2) is 0 Å². The minimum absolute atomic E-state index is 0.113. The third kappa shape index (κ3) is 3.51. The van der Waals surface area contributed by atoms with E-state index in [0.717, 1.165) is 25.7 Å². The van der Waals surface area contributed by atoms with E-state index in [0.29, 0.717) is 6.54 Å². The van der Waals surface area contributed by atoms with Crippen molar-refractivity contribution in [3.63, 3.8) is 0 Å². The van der Waals surface area contributed by atoms with Gasteiger partial charge in [0, 0.05) is 18.7 Å². The molecule has 0 aromatic heterocycles. The van der Waals surface area contributed by atoms with Gasteiger partial charge < -0.3 is 10.0 Å². The maximum absolute atomic E-state index is 12.6. The number of non-ortho nitro benzene ring substituents is 1. The number of nitro benzene ring substituents is 1. The number of nitro groups is 1. The van der Waals surface area contributed by atoms with Gasteiger partial charge in [0.25, 0.3) is 11.6 Å². The molecular weight excluding hydrogens is 296 g/mol. The highest BCUT2D eigenvalue weighted by Gasteiger charge is 2.28.